The maximum atomic E-state index is 14.3. The summed E-state index contributed by atoms with van der Waals surface area (Å²) in [6.07, 6.45) is 10.4. The van der Waals surface area contributed by atoms with Crippen molar-refractivity contribution in [3.05, 3.63) is 46.9 Å². The van der Waals surface area contributed by atoms with Gasteiger partial charge in [0, 0.05) is 73.1 Å². The highest BCUT2D eigenvalue weighted by atomic mass is 32.3. The third-order valence-corrected chi connectivity index (χ3v) is 8.31. The van der Waals surface area contributed by atoms with Crippen LogP contribution in [0.25, 0.3) is 11.1 Å². The van der Waals surface area contributed by atoms with Gasteiger partial charge in [-0.15, -0.1) is 0 Å². The number of nitrogens with zero attached hydrogens (tertiary/aromatic N) is 5. The summed E-state index contributed by atoms with van der Waals surface area (Å²) in [5.74, 6) is 1.91. The molecule has 0 unspecified atom stereocenters. The number of nitrogens with one attached hydrogen (secondary N) is 1. The number of aryl methyl sites for hydroxylation is 2. The van der Waals surface area contributed by atoms with Gasteiger partial charge in [-0.25, -0.2) is 23.5 Å². The van der Waals surface area contributed by atoms with Crippen LogP contribution in [-0.4, -0.2) is 63.8 Å². The van der Waals surface area contributed by atoms with Gasteiger partial charge in [0.25, 0.3) is 6.43 Å². The standard InChI is InChI=1S/C26H36F2N6OS/c1-32-16-19(14-30-32)20-12-18-6-5-9-33(24(18)13-21(20)25(27)28)26-22-15-29-8-7-23(22)34(31-26)17-35-10-11-36(2,3)4/h12-14,16,25,29H,5-11,15,17H2,1-4H3. The van der Waals surface area contributed by atoms with E-state index in [9.17, 15) is 8.78 Å². The van der Waals surface area contributed by atoms with E-state index >= 15 is 0 Å². The number of alkyl halides is 2. The van der Waals surface area contributed by atoms with Crippen molar-refractivity contribution in [1.29, 1.82) is 0 Å². The number of benzene rings is 1. The third kappa shape index (κ3) is 5.17. The summed E-state index contributed by atoms with van der Waals surface area (Å²) in [7, 11) is 1.18. The van der Waals surface area contributed by atoms with E-state index in [2.05, 4.69) is 34.1 Å². The molecule has 1 N–H and O–H groups in total. The van der Waals surface area contributed by atoms with E-state index in [4.69, 9.17) is 9.84 Å². The number of aromatic nitrogens is 4. The Hall–Kier alpha value is -2.43. The topological polar surface area (TPSA) is 60.1 Å². The second-order valence-electron chi connectivity index (χ2n) is 10.5. The molecule has 0 amide bonds. The maximum absolute atomic E-state index is 14.3. The minimum atomic E-state index is -2.58. The fourth-order valence-corrected chi connectivity index (χ4v) is 5.66. The van der Waals surface area contributed by atoms with Crippen LogP contribution in [0, 0.1) is 0 Å². The Kier molecular flexibility index (Phi) is 7.11. The molecular formula is C26H36F2N6OS. The van der Waals surface area contributed by atoms with E-state index in [1.165, 1.54) is 5.69 Å². The molecular weight excluding hydrogens is 482 g/mol. The van der Waals surface area contributed by atoms with Crippen LogP contribution in [0.1, 0.15) is 35.2 Å². The first kappa shape index (κ1) is 25.2. The average Bonchev–Trinajstić information content (AvgIpc) is 3.44. The summed E-state index contributed by atoms with van der Waals surface area (Å²) >= 11 is 0. The summed E-state index contributed by atoms with van der Waals surface area (Å²) in [6, 6.07) is 3.60. The van der Waals surface area contributed by atoms with Gasteiger partial charge >= 0.3 is 0 Å². The van der Waals surface area contributed by atoms with Gasteiger partial charge in [-0.05, 0) is 54.9 Å². The van der Waals surface area contributed by atoms with Gasteiger partial charge in [0.1, 0.15) is 6.73 Å². The van der Waals surface area contributed by atoms with Crippen LogP contribution in [0.5, 0.6) is 0 Å². The number of hydrogen-bond donors (Lipinski definition) is 1. The molecule has 4 heterocycles. The molecule has 2 aliphatic rings. The van der Waals surface area contributed by atoms with Crippen molar-refractivity contribution in [2.24, 2.45) is 7.05 Å². The highest BCUT2D eigenvalue weighted by molar-refractivity contribution is 8.32. The summed E-state index contributed by atoms with van der Waals surface area (Å²) < 4.78 is 38.2. The molecule has 196 valence electrons. The molecule has 0 fully saturated rings. The van der Waals surface area contributed by atoms with E-state index in [1.807, 2.05) is 10.7 Å². The quantitative estimate of drug-likeness (QED) is 0.441. The zero-order valence-electron chi connectivity index (χ0n) is 21.6. The molecule has 1 aromatic carbocycles. The second-order valence-corrected chi connectivity index (χ2v) is 15.1. The minimum Gasteiger partial charge on any atom is -0.358 e. The Bertz CT molecular complexity index is 1230. The fourth-order valence-electron chi connectivity index (χ4n) is 5.04. The zero-order chi connectivity index (χ0) is 25.4. The minimum absolute atomic E-state index is 0.0353. The molecule has 0 spiro atoms. The van der Waals surface area contributed by atoms with E-state index in [-0.39, 0.29) is 5.56 Å². The van der Waals surface area contributed by atoms with Gasteiger partial charge < -0.3 is 15.0 Å². The van der Waals surface area contributed by atoms with Gasteiger partial charge in [0.05, 0.1) is 12.8 Å². The number of rotatable bonds is 8. The van der Waals surface area contributed by atoms with Crippen LogP contribution >= 0.6 is 10.0 Å². The number of fused-ring (bicyclic) bond motifs is 2. The maximum Gasteiger partial charge on any atom is 0.264 e. The lowest BCUT2D eigenvalue weighted by atomic mass is 9.93. The highest BCUT2D eigenvalue weighted by Crippen LogP contribution is 2.42. The van der Waals surface area contributed by atoms with Crippen LogP contribution in [-0.2, 0) is 37.9 Å². The number of halogens is 2. The monoisotopic (exact) mass is 518 g/mol. The summed E-state index contributed by atoms with van der Waals surface area (Å²) in [5, 5.41) is 12.6. The normalized spacial score (nSPS) is 16.4. The second kappa shape index (κ2) is 10.1. The van der Waals surface area contributed by atoms with Crippen LogP contribution in [0.15, 0.2) is 24.5 Å². The fraction of sp³-hybridized carbons (Fsp3) is 0.538. The number of ether oxygens (including phenoxy) is 1. The highest BCUT2D eigenvalue weighted by Gasteiger charge is 2.30. The molecule has 2 aromatic heterocycles. The molecule has 0 radical (unpaired) electrons. The Balaban J connectivity index is 1.50. The zero-order valence-corrected chi connectivity index (χ0v) is 22.4. The van der Waals surface area contributed by atoms with Crippen LogP contribution < -0.4 is 10.2 Å². The largest absolute Gasteiger partial charge is 0.358 e. The molecule has 3 aromatic rings. The van der Waals surface area contributed by atoms with E-state index in [0.29, 0.717) is 24.5 Å². The van der Waals surface area contributed by atoms with E-state index in [1.54, 1.807) is 30.2 Å². The van der Waals surface area contributed by atoms with Gasteiger partial charge in [-0.1, -0.05) is 0 Å². The lowest BCUT2D eigenvalue weighted by Crippen LogP contribution is -2.29. The molecule has 0 saturated carbocycles. The predicted octanol–water partition coefficient (Wildman–Crippen LogP) is 4.62. The van der Waals surface area contributed by atoms with Crippen molar-refractivity contribution in [3.8, 4) is 11.1 Å². The predicted molar refractivity (Wildman–Crippen MR) is 143 cm³/mol. The van der Waals surface area contributed by atoms with Crippen molar-refractivity contribution in [3.63, 3.8) is 0 Å². The molecule has 10 heteroatoms. The van der Waals surface area contributed by atoms with Crippen molar-refractivity contribution in [2.45, 2.75) is 39.0 Å². The third-order valence-electron chi connectivity index (χ3n) is 6.92. The van der Waals surface area contributed by atoms with Crippen LogP contribution in [0.4, 0.5) is 20.3 Å². The average molecular weight is 519 g/mol. The lowest BCUT2D eigenvalue weighted by Gasteiger charge is -2.32. The Morgan fingerprint density at radius 3 is 2.75 bits per heavy atom. The number of anilines is 2. The first-order valence-electron chi connectivity index (χ1n) is 12.5. The summed E-state index contributed by atoms with van der Waals surface area (Å²) in [6.45, 7) is 3.49. The van der Waals surface area contributed by atoms with E-state index in [0.717, 1.165) is 67.3 Å². The molecule has 0 aliphatic carbocycles. The molecule has 0 atom stereocenters. The Morgan fingerprint density at radius 2 is 2.03 bits per heavy atom. The van der Waals surface area contributed by atoms with Crippen molar-refractivity contribution < 1.29 is 13.5 Å². The number of hydrogen-bond acceptors (Lipinski definition) is 5. The van der Waals surface area contributed by atoms with Gasteiger partial charge in [0.2, 0.25) is 0 Å². The molecule has 0 saturated heterocycles. The summed E-state index contributed by atoms with van der Waals surface area (Å²) in [4.78, 5) is 2.14. The molecule has 36 heavy (non-hydrogen) atoms. The van der Waals surface area contributed by atoms with Crippen molar-refractivity contribution in [2.75, 3.05) is 49.1 Å². The van der Waals surface area contributed by atoms with Crippen LogP contribution in [0.3, 0.4) is 0 Å². The first-order valence-corrected chi connectivity index (χ1v) is 15.5. The van der Waals surface area contributed by atoms with E-state index < -0.39 is 16.5 Å². The first-order chi connectivity index (χ1) is 17.2. The van der Waals surface area contributed by atoms with Crippen LogP contribution in [0.2, 0.25) is 0 Å². The van der Waals surface area contributed by atoms with Crippen molar-refractivity contribution >= 4 is 21.5 Å². The lowest BCUT2D eigenvalue weighted by molar-refractivity contribution is 0.0786. The van der Waals surface area contributed by atoms with Gasteiger partial charge in [-0.2, -0.15) is 10.2 Å². The Morgan fingerprint density at radius 1 is 1.19 bits per heavy atom. The smallest absolute Gasteiger partial charge is 0.264 e. The van der Waals surface area contributed by atoms with Gasteiger partial charge in [0.15, 0.2) is 5.82 Å². The van der Waals surface area contributed by atoms with Gasteiger partial charge in [-0.3, -0.25) is 4.68 Å². The van der Waals surface area contributed by atoms with Crippen molar-refractivity contribution in [1.82, 2.24) is 24.9 Å². The SMILES string of the molecule is Cn1cc(-c2cc3c(cc2C(F)F)N(c2nn(COCCS(C)(C)C)c4c2CNCC4)CCC3)cn1. The molecule has 0 bridgehead atoms. The molecule has 7 nitrogen and oxygen atoms in total. The summed E-state index contributed by atoms with van der Waals surface area (Å²) in [5.41, 5.74) is 5.54. The molecule has 5 rings (SSSR count). The molecule has 2 aliphatic heterocycles. The Labute approximate surface area is 213 Å².